The van der Waals surface area contributed by atoms with Crippen LogP contribution in [0.15, 0.2) is 59.4 Å². The number of hydrogen-bond donors (Lipinski definition) is 0. The van der Waals surface area contributed by atoms with E-state index in [0.717, 1.165) is 60.0 Å². The zero-order valence-corrected chi connectivity index (χ0v) is 20.2. The van der Waals surface area contributed by atoms with E-state index in [-0.39, 0.29) is 12.1 Å². The molecule has 0 radical (unpaired) electrons. The first kappa shape index (κ1) is 22.5. The number of thiophene rings is 1. The van der Waals surface area contributed by atoms with Gasteiger partial charge in [-0.2, -0.15) is 0 Å². The molecular weight excluding hydrogens is 444 g/mol. The Balaban J connectivity index is 1.43. The van der Waals surface area contributed by atoms with Crippen LogP contribution in [0.5, 0.6) is 0 Å². The van der Waals surface area contributed by atoms with Crippen molar-refractivity contribution in [1.29, 1.82) is 0 Å². The van der Waals surface area contributed by atoms with E-state index in [1.54, 1.807) is 11.3 Å². The molecule has 174 valence electrons. The second-order valence-corrected chi connectivity index (χ2v) is 9.98. The standard InChI is InChI=1S/C28H28N2O3S/c1-19-9-7-13-21(17-19)26-29-27-25(22-14-5-6-15-23(22)34-27)28(32)30(26)18-24(31)33-16-8-12-20-10-3-2-4-11-20/h2-4,7,9-11,13,17H,5-6,8,12,14-16,18H2,1H3. The van der Waals surface area contributed by atoms with Crippen molar-refractivity contribution < 1.29 is 9.53 Å². The number of rotatable bonds is 7. The molecule has 0 saturated carbocycles. The Bertz CT molecular complexity index is 1390. The van der Waals surface area contributed by atoms with Gasteiger partial charge < -0.3 is 4.74 Å². The van der Waals surface area contributed by atoms with E-state index in [1.807, 2.05) is 49.4 Å². The fourth-order valence-corrected chi connectivity index (χ4v) is 5.92. The Labute approximate surface area is 203 Å². The predicted octanol–water partition coefficient (Wildman–Crippen LogP) is 5.49. The summed E-state index contributed by atoms with van der Waals surface area (Å²) in [6.07, 6.45) is 5.72. The maximum absolute atomic E-state index is 13.7. The first-order valence-corrected chi connectivity index (χ1v) is 12.7. The third-order valence-electron chi connectivity index (χ3n) is 6.35. The highest BCUT2D eigenvalue weighted by Gasteiger charge is 2.23. The summed E-state index contributed by atoms with van der Waals surface area (Å²) in [5.41, 5.74) is 4.12. The summed E-state index contributed by atoms with van der Waals surface area (Å²) in [7, 11) is 0. The SMILES string of the molecule is Cc1cccc(-c2nc3sc4c(c3c(=O)n2CC(=O)OCCCc2ccccc2)CCCC4)c1. The Kier molecular flexibility index (Phi) is 6.59. The smallest absolute Gasteiger partial charge is 0.326 e. The van der Waals surface area contributed by atoms with Crippen molar-refractivity contribution in [1.82, 2.24) is 9.55 Å². The number of benzene rings is 2. The lowest BCUT2D eigenvalue weighted by atomic mass is 9.97. The lowest BCUT2D eigenvalue weighted by Crippen LogP contribution is -2.28. The molecule has 1 aliphatic carbocycles. The summed E-state index contributed by atoms with van der Waals surface area (Å²) < 4.78 is 7.03. The van der Waals surface area contributed by atoms with Crippen molar-refractivity contribution in [2.45, 2.75) is 52.0 Å². The zero-order chi connectivity index (χ0) is 23.5. The average Bonchev–Trinajstić information content (AvgIpc) is 3.23. The molecular formula is C28H28N2O3S. The van der Waals surface area contributed by atoms with Crippen LogP contribution in [0.2, 0.25) is 0 Å². The molecule has 4 aromatic rings. The van der Waals surface area contributed by atoms with Crippen molar-refractivity contribution in [3.05, 3.63) is 86.5 Å². The van der Waals surface area contributed by atoms with Crippen LogP contribution in [0.1, 0.15) is 40.8 Å². The fourth-order valence-electron chi connectivity index (χ4n) is 4.67. The number of carbonyl (C=O) groups is 1. The van der Waals surface area contributed by atoms with Gasteiger partial charge in [0.2, 0.25) is 0 Å². The largest absolute Gasteiger partial charge is 0.464 e. The van der Waals surface area contributed by atoms with Gasteiger partial charge in [-0.05, 0) is 62.6 Å². The van der Waals surface area contributed by atoms with E-state index >= 15 is 0 Å². The maximum Gasteiger partial charge on any atom is 0.326 e. The van der Waals surface area contributed by atoms with Crippen molar-refractivity contribution in [3.63, 3.8) is 0 Å². The number of hydrogen-bond acceptors (Lipinski definition) is 5. The summed E-state index contributed by atoms with van der Waals surface area (Å²) in [6, 6.07) is 18.0. The van der Waals surface area contributed by atoms with Gasteiger partial charge in [0, 0.05) is 10.4 Å². The molecule has 0 saturated heterocycles. The van der Waals surface area contributed by atoms with E-state index in [2.05, 4.69) is 12.1 Å². The molecule has 2 aromatic heterocycles. The molecule has 0 aliphatic heterocycles. The monoisotopic (exact) mass is 472 g/mol. The number of aryl methyl sites for hydroxylation is 4. The molecule has 5 nitrogen and oxygen atoms in total. The third-order valence-corrected chi connectivity index (χ3v) is 7.54. The minimum atomic E-state index is -0.408. The first-order valence-electron chi connectivity index (χ1n) is 11.9. The molecule has 0 N–H and O–H groups in total. The fraction of sp³-hybridized carbons (Fsp3) is 0.321. The van der Waals surface area contributed by atoms with Gasteiger partial charge in [0.1, 0.15) is 17.2 Å². The second-order valence-electron chi connectivity index (χ2n) is 8.90. The first-order chi connectivity index (χ1) is 16.6. The molecule has 0 amide bonds. The van der Waals surface area contributed by atoms with Crippen LogP contribution < -0.4 is 5.56 Å². The normalized spacial score (nSPS) is 13.1. The molecule has 0 unspecified atom stereocenters. The Morgan fingerprint density at radius 2 is 1.91 bits per heavy atom. The molecule has 0 fully saturated rings. The van der Waals surface area contributed by atoms with E-state index < -0.39 is 5.97 Å². The van der Waals surface area contributed by atoms with Gasteiger partial charge in [-0.3, -0.25) is 14.2 Å². The maximum atomic E-state index is 13.7. The summed E-state index contributed by atoms with van der Waals surface area (Å²) in [5.74, 6) is 0.121. The molecule has 34 heavy (non-hydrogen) atoms. The summed E-state index contributed by atoms with van der Waals surface area (Å²) in [6.45, 7) is 2.20. The van der Waals surface area contributed by atoms with E-state index in [0.29, 0.717) is 17.8 Å². The lowest BCUT2D eigenvalue weighted by molar-refractivity contribution is -0.144. The van der Waals surface area contributed by atoms with E-state index in [4.69, 9.17) is 9.72 Å². The minimum Gasteiger partial charge on any atom is -0.464 e. The average molecular weight is 473 g/mol. The van der Waals surface area contributed by atoms with Crippen LogP contribution in [-0.4, -0.2) is 22.1 Å². The highest BCUT2D eigenvalue weighted by Crippen LogP contribution is 2.34. The van der Waals surface area contributed by atoms with Crippen molar-refractivity contribution in [2.75, 3.05) is 6.61 Å². The minimum absolute atomic E-state index is 0.137. The number of fused-ring (bicyclic) bond motifs is 3. The second kappa shape index (κ2) is 9.94. The van der Waals surface area contributed by atoms with Crippen LogP contribution >= 0.6 is 11.3 Å². The number of ether oxygens (including phenoxy) is 1. The lowest BCUT2D eigenvalue weighted by Gasteiger charge is -2.14. The molecule has 6 heteroatoms. The Hall–Kier alpha value is -3.25. The molecule has 0 spiro atoms. The molecule has 0 atom stereocenters. The number of carbonyl (C=O) groups excluding carboxylic acids is 1. The predicted molar refractivity (Wildman–Crippen MR) is 136 cm³/mol. The van der Waals surface area contributed by atoms with E-state index in [9.17, 15) is 9.59 Å². The number of esters is 1. The van der Waals surface area contributed by atoms with Gasteiger partial charge >= 0.3 is 5.97 Å². The van der Waals surface area contributed by atoms with Crippen molar-refractivity contribution >= 4 is 27.5 Å². The highest BCUT2D eigenvalue weighted by molar-refractivity contribution is 7.18. The number of aromatic nitrogens is 2. The highest BCUT2D eigenvalue weighted by atomic mass is 32.1. The van der Waals surface area contributed by atoms with Gasteiger partial charge in [0.15, 0.2) is 0 Å². The summed E-state index contributed by atoms with van der Waals surface area (Å²) in [5, 5.41) is 0.688. The molecule has 2 aromatic carbocycles. The van der Waals surface area contributed by atoms with Gasteiger partial charge in [0.05, 0.1) is 12.0 Å². The van der Waals surface area contributed by atoms with Crippen molar-refractivity contribution in [2.24, 2.45) is 0 Å². The summed E-state index contributed by atoms with van der Waals surface area (Å²) in [4.78, 5) is 33.5. The van der Waals surface area contributed by atoms with E-state index in [1.165, 1.54) is 15.0 Å². The van der Waals surface area contributed by atoms with Crippen molar-refractivity contribution in [3.8, 4) is 11.4 Å². The molecule has 1 aliphatic rings. The quantitative estimate of drug-likeness (QED) is 0.264. The number of nitrogens with zero attached hydrogens (tertiary/aromatic N) is 2. The molecule has 5 rings (SSSR count). The topological polar surface area (TPSA) is 61.2 Å². The Morgan fingerprint density at radius 3 is 2.74 bits per heavy atom. The van der Waals surface area contributed by atoms with Crippen LogP contribution in [0, 0.1) is 6.92 Å². The van der Waals surface area contributed by atoms with Gasteiger partial charge in [-0.25, -0.2) is 4.98 Å². The van der Waals surface area contributed by atoms with Gasteiger partial charge in [-0.15, -0.1) is 11.3 Å². The molecule has 0 bridgehead atoms. The van der Waals surface area contributed by atoms with Gasteiger partial charge in [0.25, 0.3) is 5.56 Å². The Morgan fingerprint density at radius 1 is 1.09 bits per heavy atom. The summed E-state index contributed by atoms with van der Waals surface area (Å²) >= 11 is 1.63. The van der Waals surface area contributed by atoms with Gasteiger partial charge in [-0.1, -0.05) is 54.1 Å². The van der Waals surface area contributed by atoms with Crippen LogP contribution in [-0.2, 0) is 35.3 Å². The molecule has 2 heterocycles. The van der Waals surface area contributed by atoms with Crippen LogP contribution in [0.3, 0.4) is 0 Å². The zero-order valence-electron chi connectivity index (χ0n) is 19.4. The van der Waals surface area contributed by atoms with Crippen LogP contribution in [0.4, 0.5) is 0 Å². The van der Waals surface area contributed by atoms with Crippen LogP contribution in [0.25, 0.3) is 21.6 Å². The third kappa shape index (κ3) is 4.68.